The van der Waals surface area contributed by atoms with E-state index < -0.39 is 10.0 Å². The molecule has 9 heteroatoms. The third-order valence-corrected chi connectivity index (χ3v) is 7.25. The third-order valence-electron chi connectivity index (χ3n) is 5.77. The number of rotatable bonds is 14. The second kappa shape index (κ2) is 13.7. The van der Waals surface area contributed by atoms with E-state index in [0.717, 1.165) is 18.4 Å². The topological polar surface area (TPSA) is 103 Å². The first-order chi connectivity index (χ1) is 17.8. The van der Waals surface area contributed by atoms with E-state index in [2.05, 4.69) is 22.2 Å². The van der Waals surface area contributed by atoms with Crippen molar-refractivity contribution in [3.05, 3.63) is 83.9 Å². The van der Waals surface area contributed by atoms with Crippen LogP contribution in [0.2, 0.25) is 0 Å². The van der Waals surface area contributed by atoms with Gasteiger partial charge in [-0.15, -0.1) is 0 Å². The number of nitrogens with one attached hydrogen (secondary N) is 2. The Bertz CT molecular complexity index is 1250. The van der Waals surface area contributed by atoms with Crippen LogP contribution in [0, 0.1) is 0 Å². The van der Waals surface area contributed by atoms with Gasteiger partial charge in [0.05, 0.1) is 19.1 Å². The van der Waals surface area contributed by atoms with Gasteiger partial charge in [-0.3, -0.25) is 4.79 Å². The summed E-state index contributed by atoms with van der Waals surface area (Å²) >= 11 is 0. The van der Waals surface area contributed by atoms with Gasteiger partial charge in [-0.1, -0.05) is 36.4 Å². The monoisotopic (exact) mass is 526 g/mol. The number of carbonyl (C=O) groups excluding carboxylic acids is 1. The minimum atomic E-state index is -3.69. The van der Waals surface area contributed by atoms with E-state index in [9.17, 15) is 13.2 Å². The zero-order chi connectivity index (χ0) is 26.7. The molecule has 0 aliphatic heterocycles. The maximum Gasteiger partial charge on any atom is 0.258 e. The number of aryl methyl sites for hydroxylation is 1. The lowest BCUT2D eigenvalue weighted by Crippen LogP contribution is -2.36. The quantitative estimate of drug-likeness (QED) is 0.332. The normalized spacial score (nSPS) is 12.0. The largest absolute Gasteiger partial charge is 0.493 e. The van der Waals surface area contributed by atoms with E-state index in [-0.39, 0.29) is 30.0 Å². The van der Waals surface area contributed by atoms with Crippen molar-refractivity contribution in [2.45, 2.75) is 37.1 Å². The maximum atomic E-state index is 12.6. The van der Waals surface area contributed by atoms with E-state index in [1.165, 1.54) is 29.8 Å². The van der Waals surface area contributed by atoms with Crippen LogP contribution in [-0.2, 0) is 27.7 Å². The average Bonchev–Trinajstić information content (AvgIpc) is 2.91. The molecule has 198 valence electrons. The molecule has 1 amide bonds. The summed E-state index contributed by atoms with van der Waals surface area (Å²) < 4.78 is 43.9. The van der Waals surface area contributed by atoms with Crippen LogP contribution in [0.5, 0.6) is 17.2 Å². The Hall–Kier alpha value is -3.56. The fourth-order valence-corrected chi connectivity index (χ4v) is 4.76. The summed E-state index contributed by atoms with van der Waals surface area (Å²) in [7, 11) is -0.578. The summed E-state index contributed by atoms with van der Waals surface area (Å²) in [4.78, 5) is 12.3. The molecule has 0 unspecified atom stereocenters. The highest BCUT2D eigenvalue weighted by atomic mass is 32.2. The fourth-order valence-electron chi connectivity index (χ4n) is 3.73. The summed E-state index contributed by atoms with van der Waals surface area (Å²) in [6.07, 6.45) is 2.18. The van der Waals surface area contributed by atoms with E-state index in [1.54, 1.807) is 20.3 Å². The van der Waals surface area contributed by atoms with E-state index in [0.29, 0.717) is 23.7 Å². The fraction of sp³-hybridized carbons (Fsp3) is 0.321. The molecule has 0 bridgehead atoms. The van der Waals surface area contributed by atoms with Gasteiger partial charge in [0.25, 0.3) is 5.91 Å². The van der Waals surface area contributed by atoms with Crippen LogP contribution in [0.3, 0.4) is 0 Å². The second-order valence-electron chi connectivity index (χ2n) is 8.59. The van der Waals surface area contributed by atoms with Crippen LogP contribution in [0.15, 0.2) is 77.7 Å². The molecule has 1 atom stereocenters. The van der Waals surface area contributed by atoms with Crippen LogP contribution in [0.1, 0.15) is 24.5 Å². The van der Waals surface area contributed by atoms with Gasteiger partial charge in [-0.25, -0.2) is 13.1 Å². The second-order valence-corrected chi connectivity index (χ2v) is 10.4. The van der Waals surface area contributed by atoms with Crippen LogP contribution in [-0.4, -0.2) is 47.7 Å². The highest BCUT2D eigenvalue weighted by Gasteiger charge is 2.15. The predicted molar refractivity (Wildman–Crippen MR) is 143 cm³/mol. The first-order valence-electron chi connectivity index (χ1n) is 12.1. The van der Waals surface area contributed by atoms with Gasteiger partial charge in [0.15, 0.2) is 18.1 Å². The average molecular weight is 527 g/mol. The summed E-state index contributed by atoms with van der Waals surface area (Å²) in [5, 5.41) is 2.92. The van der Waals surface area contributed by atoms with Gasteiger partial charge in [0, 0.05) is 12.6 Å². The zero-order valence-electron chi connectivity index (χ0n) is 21.4. The molecule has 0 fully saturated rings. The Morgan fingerprint density at radius 2 is 1.57 bits per heavy atom. The number of sulfonamides is 1. The van der Waals surface area contributed by atoms with Crippen molar-refractivity contribution in [1.29, 1.82) is 0 Å². The molecule has 0 saturated heterocycles. The first-order valence-corrected chi connectivity index (χ1v) is 13.6. The minimum absolute atomic E-state index is 0.00824. The molecule has 0 aliphatic carbocycles. The van der Waals surface area contributed by atoms with Crippen molar-refractivity contribution in [1.82, 2.24) is 10.0 Å². The smallest absolute Gasteiger partial charge is 0.258 e. The van der Waals surface area contributed by atoms with Crippen LogP contribution < -0.4 is 24.2 Å². The molecule has 3 aromatic rings. The van der Waals surface area contributed by atoms with Crippen molar-refractivity contribution >= 4 is 15.9 Å². The molecule has 3 aromatic carbocycles. The van der Waals surface area contributed by atoms with Crippen molar-refractivity contribution in [3.63, 3.8) is 0 Å². The number of benzene rings is 3. The van der Waals surface area contributed by atoms with Gasteiger partial charge in [0.2, 0.25) is 10.0 Å². The molecule has 0 heterocycles. The van der Waals surface area contributed by atoms with E-state index >= 15 is 0 Å². The number of hydrogen-bond acceptors (Lipinski definition) is 6. The zero-order valence-corrected chi connectivity index (χ0v) is 22.2. The number of carbonyl (C=O) groups is 1. The van der Waals surface area contributed by atoms with Crippen LogP contribution >= 0.6 is 0 Å². The predicted octanol–water partition coefficient (Wildman–Crippen LogP) is 3.74. The molecule has 0 spiro atoms. The molecular formula is C28H34N2O6S. The first kappa shape index (κ1) is 28.0. The molecular weight excluding hydrogens is 492 g/mol. The number of amides is 1. The minimum Gasteiger partial charge on any atom is -0.493 e. The van der Waals surface area contributed by atoms with E-state index in [4.69, 9.17) is 14.2 Å². The highest BCUT2D eigenvalue weighted by Crippen LogP contribution is 2.27. The summed E-state index contributed by atoms with van der Waals surface area (Å²) in [6, 6.07) is 21.6. The SMILES string of the molecule is COc1ccc(CCNS(=O)(=O)c2ccc(OCC(=O)N[C@H](C)CCc3ccccc3)cc2)cc1OC. The van der Waals surface area contributed by atoms with Crippen molar-refractivity contribution in [3.8, 4) is 17.2 Å². The summed E-state index contributed by atoms with van der Waals surface area (Å²) in [5.41, 5.74) is 2.14. The van der Waals surface area contributed by atoms with Crippen LogP contribution in [0.4, 0.5) is 0 Å². The summed E-state index contributed by atoms with van der Waals surface area (Å²) in [5.74, 6) is 1.39. The summed E-state index contributed by atoms with van der Waals surface area (Å²) in [6.45, 7) is 2.03. The molecule has 8 nitrogen and oxygen atoms in total. The molecule has 0 aliphatic rings. The lowest BCUT2D eigenvalue weighted by Gasteiger charge is -2.14. The van der Waals surface area contributed by atoms with Gasteiger partial charge in [-0.05, 0) is 73.7 Å². The number of hydrogen-bond donors (Lipinski definition) is 2. The van der Waals surface area contributed by atoms with Crippen LogP contribution in [0.25, 0.3) is 0 Å². The van der Waals surface area contributed by atoms with Gasteiger partial charge >= 0.3 is 0 Å². The van der Waals surface area contributed by atoms with Crippen molar-refractivity contribution in [2.75, 3.05) is 27.4 Å². The van der Waals surface area contributed by atoms with Crippen molar-refractivity contribution < 1.29 is 27.4 Å². The Morgan fingerprint density at radius 3 is 2.24 bits per heavy atom. The molecule has 2 N–H and O–H groups in total. The van der Waals surface area contributed by atoms with Gasteiger partial charge in [0.1, 0.15) is 5.75 Å². The lowest BCUT2D eigenvalue weighted by atomic mass is 10.1. The Balaban J connectivity index is 1.43. The Labute approximate surface area is 219 Å². The number of ether oxygens (including phenoxy) is 3. The maximum absolute atomic E-state index is 12.6. The molecule has 3 rings (SSSR count). The standard InChI is InChI=1S/C28H34N2O6S/c1-21(9-10-22-7-5-4-6-8-22)30-28(31)20-36-24-12-14-25(15-13-24)37(32,33)29-18-17-23-11-16-26(34-2)27(19-23)35-3/h4-8,11-16,19,21,29H,9-10,17-18,20H2,1-3H3,(H,30,31)/t21-/m1/s1. The highest BCUT2D eigenvalue weighted by molar-refractivity contribution is 7.89. The lowest BCUT2D eigenvalue weighted by molar-refractivity contribution is -0.123. The molecule has 0 radical (unpaired) electrons. The molecule has 0 saturated carbocycles. The number of methoxy groups -OCH3 is 2. The Morgan fingerprint density at radius 1 is 0.865 bits per heavy atom. The van der Waals surface area contributed by atoms with Crippen molar-refractivity contribution in [2.24, 2.45) is 0 Å². The van der Waals surface area contributed by atoms with Gasteiger partial charge in [-0.2, -0.15) is 0 Å². The molecule has 37 heavy (non-hydrogen) atoms. The Kier molecular flexibility index (Phi) is 10.3. The molecule has 0 aromatic heterocycles. The third kappa shape index (κ3) is 8.80. The van der Waals surface area contributed by atoms with Gasteiger partial charge < -0.3 is 19.5 Å². The van der Waals surface area contributed by atoms with E-state index in [1.807, 2.05) is 37.3 Å².